The van der Waals surface area contributed by atoms with Crippen molar-refractivity contribution in [2.75, 3.05) is 7.05 Å². The summed E-state index contributed by atoms with van der Waals surface area (Å²) in [6, 6.07) is 15.8. The lowest BCUT2D eigenvalue weighted by molar-refractivity contribution is -0.116. The topological polar surface area (TPSA) is 57.8 Å². The van der Waals surface area contributed by atoms with Crippen LogP contribution < -0.4 is 5.32 Å². The maximum atomic E-state index is 11.8. The number of carbonyl (C=O) groups excluding carboxylic acids is 1. The van der Waals surface area contributed by atoms with E-state index in [-0.39, 0.29) is 5.91 Å². The fourth-order valence-electron chi connectivity index (χ4n) is 2.33. The Morgan fingerprint density at radius 2 is 1.95 bits per heavy atom. The highest BCUT2D eigenvalue weighted by Crippen LogP contribution is 2.28. The van der Waals surface area contributed by atoms with Gasteiger partial charge in [0.1, 0.15) is 0 Å². The van der Waals surface area contributed by atoms with Gasteiger partial charge in [-0.15, -0.1) is 0 Å². The minimum atomic E-state index is -0.134. The summed E-state index contributed by atoms with van der Waals surface area (Å²) in [5.41, 5.74) is 3.74. The van der Waals surface area contributed by atoms with Gasteiger partial charge in [-0.2, -0.15) is 5.10 Å². The van der Waals surface area contributed by atoms with Crippen LogP contribution in [0, 0.1) is 0 Å². The van der Waals surface area contributed by atoms with Crippen molar-refractivity contribution >= 4 is 22.4 Å². The second-order valence-corrected chi connectivity index (χ2v) is 4.68. The number of hydrogen-bond donors (Lipinski definition) is 2. The number of fused-ring (bicyclic) bond motifs is 1. The Morgan fingerprint density at radius 3 is 2.71 bits per heavy atom. The predicted molar refractivity (Wildman–Crippen MR) is 83.7 cm³/mol. The molecule has 0 saturated carbocycles. The number of para-hydroxylation sites is 1. The van der Waals surface area contributed by atoms with Crippen molar-refractivity contribution in [3.63, 3.8) is 0 Å². The van der Waals surface area contributed by atoms with Crippen LogP contribution in [0.5, 0.6) is 0 Å². The molecule has 0 spiro atoms. The third-order valence-corrected chi connectivity index (χ3v) is 3.37. The van der Waals surface area contributed by atoms with Crippen molar-refractivity contribution in [3.05, 3.63) is 71.9 Å². The quantitative estimate of drug-likeness (QED) is 0.723. The smallest absolute Gasteiger partial charge is 0.244 e. The number of aromatic nitrogens is 2. The first-order chi connectivity index (χ1) is 10.3. The standard InChI is InChI=1S/C17H15N3O/c1-18-16(21)10-15(12-6-3-2-4-7-12)14-9-5-8-13-11-19-20-17(13)14/h2-11H,1H3,(H,18,21)(H,19,20). The molecule has 0 radical (unpaired) electrons. The van der Waals surface area contributed by atoms with E-state index >= 15 is 0 Å². The molecule has 2 aromatic carbocycles. The van der Waals surface area contributed by atoms with Crippen molar-refractivity contribution in [1.29, 1.82) is 0 Å². The summed E-state index contributed by atoms with van der Waals surface area (Å²) in [4.78, 5) is 11.8. The molecule has 1 amide bonds. The van der Waals surface area contributed by atoms with Crippen molar-refractivity contribution in [3.8, 4) is 0 Å². The van der Waals surface area contributed by atoms with E-state index in [9.17, 15) is 4.79 Å². The number of nitrogens with one attached hydrogen (secondary N) is 2. The number of H-pyrrole nitrogens is 1. The molecule has 0 saturated heterocycles. The molecule has 2 N–H and O–H groups in total. The summed E-state index contributed by atoms with van der Waals surface area (Å²) in [5, 5.41) is 10.7. The largest absolute Gasteiger partial charge is 0.356 e. The second-order valence-electron chi connectivity index (χ2n) is 4.68. The summed E-state index contributed by atoms with van der Waals surface area (Å²) in [5.74, 6) is -0.134. The molecule has 0 aliphatic carbocycles. The minimum absolute atomic E-state index is 0.134. The lowest BCUT2D eigenvalue weighted by Crippen LogP contribution is -2.15. The van der Waals surface area contributed by atoms with Gasteiger partial charge in [-0.1, -0.05) is 48.5 Å². The SMILES string of the molecule is CNC(=O)C=C(c1ccccc1)c1cccc2cn[nH]c12. The van der Waals surface area contributed by atoms with Gasteiger partial charge in [-0.3, -0.25) is 9.89 Å². The molecule has 0 atom stereocenters. The van der Waals surface area contributed by atoms with Crippen molar-refractivity contribution in [2.24, 2.45) is 0 Å². The fourth-order valence-corrected chi connectivity index (χ4v) is 2.33. The number of amides is 1. The zero-order chi connectivity index (χ0) is 14.7. The van der Waals surface area contributed by atoms with Crippen LogP contribution in [0.4, 0.5) is 0 Å². The van der Waals surface area contributed by atoms with Crippen LogP contribution in [-0.2, 0) is 4.79 Å². The Kier molecular flexibility index (Phi) is 3.51. The molecule has 21 heavy (non-hydrogen) atoms. The first kappa shape index (κ1) is 13.1. The highest BCUT2D eigenvalue weighted by molar-refractivity contribution is 6.03. The number of likely N-dealkylation sites (N-methyl/N-ethyl adjacent to an activating group) is 1. The molecule has 1 aromatic heterocycles. The monoisotopic (exact) mass is 277 g/mol. The highest BCUT2D eigenvalue weighted by Gasteiger charge is 2.11. The molecule has 104 valence electrons. The fraction of sp³-hybridized carbons (Fsp3) is 0.0588. The third kappa shape index (κ3) is 2.56. The maximum Gasteiger partial charge on any atom is 0.244 e. The third-order valence-electron chi connectivity index (χ3n) is 3.37. The minimum Gasteiger partial charge on any atom is -0.356 e. The zero-order valence-corrected chi connectivity index (χ0v) is 11.6. The van der Waals surface area contributed by atoms with Gasteiger partial charge in [0.25, 0.3) is 0 Å². The zero-order valence-electron chi connectivity index (χ0n) is 11.6. The summed E-state index contributed by atoms with van der Waals surface area (Å²) in [6.45, 7) is 0. The van der Waals surface area contributed by atoms with Crippen molar-refractivity contribution in [1.82, 2.24) is 15.5 Å². The van der Waals surface area contributed by atoms with E-state index in [1.165, 1.54) is 0 Å². The molecule has 4 nitrogen and oxygen atoms in total. The number of rotatable bonds is 3. The molecule has 0 unspecified atom stereocenters. The molecule has 0 fully saturated rings. The van der Waals surface area contributed by atoms with Crippen LogP contribution in [0.2, 0.25) is 0 Å². The number of nitrogens with zero attached hydrogens (tertiary/aromatic N) is 1. The molecule has 1 heterocycles. The Hall–Kier alpha value is -2.88. The number of hydrogen-bond acceptors (Lipinski definition) is 2. The van der Waals surface area contributed by atoms with E-state index in [4.69, 9.17) is 0 Å². The van der Waals surface area contributed by atoms with Crippen LogP contribution in [-0.4, -0.2) is 23.2 Å². The Bertz CT molecular complexity index is 803. The van der Waals surface area contributed by atoms with Crippen LogP contribution in [0.3, 0.4) is 0 Å². The first-order valence-corrected chi connectivity index (χ1v) is 6.71. The van der Waals surface area contributed by atoms with Crippen LogP contribution in [0.25, 0.3) is 16.5 Å². The molecule has 3 aromatic rings. The van der Waals surface area contributed by atoms with E-state index in [0.717, 1.165) is 27.6 Å². The summed E-state index contributed by atoms with van der Waals surface area (Å²) >= 11 is 0. The molecule has 0 bridgehead atoms. The van der Waals surface area contributed by atoms with Crippen molar-refractivity contribution < 1.29 is 4.79 Å². The molecule has 4 heteroatoms. The normalized spacial score (nSPS) is 11.6. The van der Waals surface area contributed by atoms with Crippen LogP contribution in [0.15, 0.2) is 60.8 Å². The first-order valence-electron chi connectivity index (χ1n) is 6.71. The summed E-state index contributed by atoms with van der Waals surface area (Å²) < 4.78 is 0. The second kappa shape index (κ2) is 5.63. The molecular formula is C17H15N3O. The summed E-state index contributed by atoms with van der Waals surface area (Å²) in [7, 11) is 1.62. The van der Waals surface area contributed by atoms with Gasteiger partial charge in [-0.05, 0) is 11.1 Å². The van der Waals surface area contributed by atoms with E-state index in [0.29, 0.717) is 0 Å². The van der Waals surface area contributed by atoms with Gasteiger partial charge < -0.3 is 5.32 Å². The summed E-state index contributed by atoms with van der Waals surface area (Å²) in [6.07, 6.45) is 3.40. The number of benzene rings is 2. The predicted octanol–water partition coefficient (Wildman–Crippen LogP) is 2.74. The molecule has 3 rings (SSSR count). The van der Waals surface area contributed by atoms with E-state index in [1.54, 1.807) is 19.3 Å². The van der Waals surface area contributed by atoms with Gasteiger partial charge >= 0.3 is 0 Å². The van der Waals surface area contributed by atoms with Gasteiger partial charge in [-0.25, -0.2) is 0 Å². The molecule has 0 aliphatic heterocycles. The van der Waals surface area contributed by atoms with Gasteiger partial charge in [0, 0.05) is 24.1 Å². The van der Waals surface area contributed by atoms with Crippen LogP contribution in [0.1, 0.15) is 11.1 Å². The Balaban J connectivity index is 2.23. The molecule has 0 aliphatic rings. The number of aromatic amines is 1. The maximum absolute atomic E-state index is 11.8. The Labute approximate surface area is 122 Å². The van der Waals surface area contributed by atoms with Crippen LogP contribution >= 0.6 is 0 Å². The lowest BCUT2D eigenvalue weighted by Gasteiger charge is -2.09. The van der Waals surface area contributed by atoms with Gasteiger partial charge in [0.2, 0.25) is 5.91 Å². The van der Waals surface area contributed by atoms with Gasteiger partial charge in [0.05, 0.1) is 11.7 Å². The lowest BCUT2D eigenvalue weighted by atomic mass is 9.96. The number of carbonyl (C=O) groups is 1. The van der Waals surface area contributed by atoms with E-state index in [1.807, 2.05) is 48.5 Å². The van der Waals surface area contributed by atoms with Crippen molar-refractivity contribution in [2.45, 2.75) is 0 Å². The van der Waals surface area contributed by atoms with E-state index < -0.39 is 0 Å². The average molecular weight is 277 g/mol. The highest BCUT2D eigenvalue weighted by atomic mass is 16.1. The Morgan fingerprint density at radius 1 is 1.14 bits per heavy atom. The van der Waals surface area contributed by atoms with Gasteiger partial charge in [0.15, 0.2) is 0 Å². The average Bonchev–Trinajstić information content (AvgIpc) is 3.02. The molecular weight excluding hydrogens is 262 g/mol. The van der Waals surface area contributed by atoms with E-state index in [2.05, 4.69) is 15.5 Å².